The molecule has 0 aliphatic heterocycles. The van der Waals surface area contributed by atoms with Gasteiger partial charge in [0.2, 0.25) is 11.8 Å². The normalized spacial score (nSPS) is 11.8. The van der Waals surface area contributed by atoms with E-state index < -0.39 is 11.0 Å². The fraction of sp³-hybridized carbons (Fsp3) is 0.391. The minimum atomic E-state index is -0.663. The zero-order valence-corrected chi connectivity index (χ0v) is 17.9. The Morgan fingerprint density at radius 3 is 2.30 bits per heavy atom. The van der Waals surface area contributed by atoms with Crippen LogP contribution in [0.15, 0.2) is 48.5 Å². The van der Waals surface area contributed by atoms with Gasteiger partial charge in [0.25, 0.3) is 5.69 Å². The number of nitrogens with one attached hydrogen (secondary N) is 1. The second kappa shape index (κ2) is 10.5. The van der Waals surface area contributed by atoms with E-state index in [0.29, 0.717) is 12.0 Å². The highest BCUT2D eigenvalue weighted by molar-refractivity contribution is 5.89. The van der Waals surface area contributed by atoms with Gasteiger partial charge in [-0.1, -0.05) is 55.0 Å². The van der Waals surface area contributed by atoms with Crippen LogP contribution in [0.4, 0.5) is 5.69 Å². The molecule has 0 aliphatic rings. The Labute approximate surface area is 177 Å². The number of hydrogen-bond donors (Lipinski definition) is 1. The van der Waals surface area contributed by atoms with E-state index in [1.54, 1.807) is 18.2 Å². The van der Waals surface area contributed by atoms with Crippen molar-refractivity contribution in [2.45, 2.75) is 59.2 Å². The maximum atomic E-state index is 13.3. The smallest absolute Gasteiger partial charge is 0.273 e. The molecule has 0 heterocycles. The Bertz CT molecular complexity index is 894. The highest BCUT2D eigenvalue weighted by atomic mass is 16.6. The van der Waals surface area contributed by atoms with Crippen molar-refractivity contribution in [3.63, 3.8) is 0 Å². The Morgan fingerprint density at radius 1 is 1.10 bits per heavy atom. The van der Waals surface area contributed by atoms with Gasteiger partial charge in [-0.05, 0) is 32.8 Å². The predicted octanol–water partition coefficient (Wildman–Crippen LogP) is 3.78. The molecule has 2 amide bonds. The van der Waals surface area contributed by atoms with Gasteiger partial charge in [0, 0.05) is 24.2 Å². The molecule has 0 bridgehead atoms. The van der Waals surface area contributed by atoms with Crippen molar-refractivity contribution in [1.82, 2.24) is 10.2 Å². The van der Waals surface area contributed by atoms with Crippen molar-refractivity contribution in [1.29, 1.82) is 0 Å². The zero-order chi connectivity index (χ0) is 22.3. The summed E-state index contributed by atoms with van der Waals surface area (Å²) < 4.78 is 0. The fourth-order valence-corrected chi connectivity index (χ4v) is 3.29. The van der Waals surface area contributed by atoms with Crippen LogP contribution in [0.3, 0.4) is 0 Å². The Balaban J connectivity index is 2.36. The van der Waals surface area contributed by atoms with Gasteiger partial charge in [-0.2, -0.15) is 0 Å². The summed E-state index contributed by atoms with van der Waals surface area (Å²) in [5.41, 5.74) is 2.23. The van der Waals surface area contributed by atoms with E-state index in [4.69, 9.17) is 0 Å². The molecule has 160 valence electrons. The van der Waals surface area contributed by atoms with Gasteiger partial charge >= 0.3 is 0 Å². The quantitative estimate of drug-likeness (QED) is 0.502. The third-order valence-corrected chi connectivity index (χ3v) is 4.82. The topological polar surface area (TPSA) is 92.6 Å². The molecule has 0 spiro atoms. The van der Waals surface area contributed by atoms with Crippen LogP contribution < -0.4 is 5.32 Å². The van der Waals surface area contributed by atoms with Gasteiger partial charge < -0.3 is 10.2 Å². The van der Waals surface area contributed by atoms with Crippen LogP contribution in [0, 0.1) is 17.0 Å². The predicted molar refractivity (Wildman–Crippen MR) is 116 cm³/mol. The number of carbonyl (C=O) groups excluding carboxylic acids is 2. The van der Waals surface area contributed by atoms with E-state index in [-0.39, 0.29) is 36.5 Å². The lowest BCUT2D eigenvalue weighted by Gasteiger charge is -2.31. The van der Waals surface area contributed by atoms with Crippen LogP contribution in [0.2, 0.25) is 0 Å². The molecule has 0 aliphatic carbocycles. The molecule has 1 N–H and O–H groups in total. The van der Waals surface area contributed by atoms with Gasteiger partial charge in [0.1, 0.15) is 6.04 Å². The molecular weight excluding hydrogens is 382 g/mol. The number of nitrogens with zero attached hydrogens (tertiary/aromatic N) is 2. The van der Waals surface area contributed by atoms with Crippen molar-refractivity contribution in [3.8, 4) is 0 Å². The third-order valence-electron chi connectivity index (χ3n) is 4.82. The first kappa shape index (κ1) is 23.1. The third kappa shape index (κ3) is 6.14. The maximum absolute atomic E-state index is 13.3. The summed E-state index contributed by atoms with van der Waals surface area (Å²) in [7, 11) is 0. The molecule has 7 heteroatoms. The van der Waals surface area contributed by atoms with Crippen LogP contribution in [0.5, 0.6) is 0 Å². The molecule has 0 saturated heterocycles. The number of rotatable bonds is 9. The number of hydrogen-bond acceptors (Lipinski definition) is 4. The van der Waals surface area contributed by atoms with Gasteiger partial charge in [0.15, 0.2) is 0 Å². The Kier molecular flexibility index (Phi) is 8.09. The molecule has 2 aromatic rings. The number of nitro benzene ring substituents is 1. The van der Waals surface area contributed by atoms with Gasteiger partial charge in [-0.3, -0.25) is 19.7 Å². The summed E-state index contributed by atoms with van der Waals surface area (Å²) in [5, 5.41) is 14.2. The molecule has 2 aromatic carbocycles. The number of amides is 2. The standard InChI is InChI=1S/C23H29N3O4/c1-5-20(23(28)24-16(2)3)25(15-18-12-10-17(4)11-13-18)22(27)14-19-8-6-7-9-21(19)26(29)30/h6-13,16,20H,5,14-15H2,1-4H3,(H,24,28)/t20-/m1/s1. The Hall–Kier alpha value is -3.22. The number of nitro groups is 1. The summed E-state index contributed by atoms with van der Waals surface area (Å²) in [4.78, 5) is 38.4. The molecule has 0 radical (unpaired) electrons. The summed E-state index contributed by atoms with van der Waals surface area (Å²) in [6.45, 7) is 7.81. The van der Waals surface area contributed by atoms with Crippen molar-refractivity contribution in [3.05, 3.63) is 75.3 Å². The molecule has 0 aromatic heterocycles. The zero-order valence-electron chi connectivity index (χ0n) is 17.9. The number of para-hydroxylation sites is 1. The summed E-state index contributed by atoms with van der Waals surface area (Å²) in [6.07, 6.45) is 0.293. The largest absolute Gasteiger partial charge is 0.352 e. The lowest BCUT2D eigenvalue weighted by molar-refractivity contribution is -0.385. The highest BCUT2D eigenvalue weighted by Crippen LogP contribution is 2.21. The van der Waals surface area contributed by atoms with Crippen LogP contribution in [0.25, 0.3) is 0 Å². The van der Waals surface area contributed by atoms with E-state index in [2.05, 4.69) is 5.32 Å². The fourth-order valence-electron chi connectivity index (χ4n) is 3.29. The second-order valence-electron chi connectivity index (χ2n) is 7.66. The average molecular weight is 412 g/mol. The molecule has 7 nitrogen and oxygen atoms in total. The first-order chi connectivity index (χ1) is 14.2. The van der Waals surface area contributed by atoms with Crippen LogP contribution in [-0.4, -0.2) is 33.7 Å². The van der Waals surface area contributed by atoms with Gasteiger partial charge in [-0.25, -0.2) is 0 Å². The van der Waals surface area contributed by atoms with Gasteiger partial charge in [-0.15, -0.1) is 0 Å². The lowest BCUT2D eigenvalue weighted by atomic mass is 10.0. The maximum Gasteiger partial charge on any atom is 0.273 e. The summed E-state index contributed by atoms with van der Waals surface area (Å²) >= 11 is 0. The first-order valence-corrected chi connectivity index (χ1v) is 10.1. The molecular formula is C23H29N3O4. The summed E-state index contributed by atoms with van der Waals surface area (Å²) in [6, 6.07) is 13.2. The highest BCUT2D eigenvalue weighted by Gasteiger charge is 2.30. The number of carbonyl (C=O) groups is 2. The van der Waals surface area contributed by atoms with Crippen molar-refractivity contribution >= 4 is 17.5 Å². The molecule has 2 rings (SSSR count). The van der Waals surface area contributed by atoms with Crippen molar-refractivity contribution in [2.24, 2.45) is 0 Å². The Morgan fingerprint density at radius 2 is 1.73 bits per heavy atom. The van der Waals surface area contributed by atoms with Gasteiger partial charge in [0.05, 0.1) is 11.3 Å². The lowest BCUT2D eigenvalue weighted by Crippen LogP contribution is -2.50. The minimum Gasteiger partial charge on any atom is -0.352 e. The van der Waals surface area contributed by atoms with E-state index in [9.17, 15) is 19.7 Å². The molecule has 0 saturated carbocycles. The molecule has 1 atom stereocenters. The summed E-state index contributed by atoms with van der Waals surface area (Å²) in [5.74, 6) is -0.550. The van der Waals surface area contributed by atoms with Crippen LogP contribution in [0.1, 0.15) is 43.9 Å². The molecule has 0 unspecified atom stereocenters. The van der Waals surface area contributed by atoms with Crippen molar-refractivity contribution in [2.75, 3.05) is 0 Å². The van der Waals surface area contributed by atoms with E-state index in [1.165, 1.54) is 11.0 Å². The second-order valence-corrected chi connectivity index (χ2v) is 7.66. The first-order valence-electron chi connectivity index (χ1n) is 10.1. The molecule has 0 fully saturated rings. The number of aryl methyl sites for hydroxylation is 1. The van der Waals surface area contributed by atoms with E-state index in [1.807, 2.05) is 52.0 Å². The SMILES string of the molecule is CC[C@H](C(=O)NC(C)C)N(Cc1ccc(C)cc1)C(=O)Cc1ccccc1[N+](=O)[O-]. The number of benzene rings is 2. The minimum absolute atomic E-state index is 0.0573. The average Bonchev–Trinajstić information content (AvgIpc) is 2.69. The van der Waals surface area contributed by atoms with E-state index in [0.717, 1.165) is 11.1 Å². The van der Waals surface area contributed by atoms with Crippen molar-refractivity contribution < 1.29 is 14.5 Å². The van der Waals surface area contributed by atoms with E-state index >= 15 is 0 Å². The monoisotopic (exact) mass is 411 g/mol. The van der Waals surface area contributed by atoms with Crippen LogP contribution in [-0.2, 0) is 22.6 Å². The molecule has 30 heavy (non-hydrogen) atoms. The van der Waals surface area contributed by atoms with Crippen LogP contribution >= 0.6 is 0 Å².